The van der Waals surface area contributed by atoms with E-state index in [1.54, 1.807) is 0 Å². The number of nitrogens with zero attached hydrogens (tertiary/aromatic N) is 2. The van der Waals surface area contributed by atoms with Crippen molar-refractivity contribution in [2.24, 2.45) is 5.92 Å². The number of aliphatic hydroxyl groups excluding tert-OH is 1. The summed E-state index contributed by atoms with van der Waals surface area (Å²) in [6.45, 7) is 5.62. The molecule has 4 aromatic rings. The van der Waals surface area contributed by atoms with Crippen LogP contribution in [0, 0.1) is 19.8 Å². The standard InChI is InChI=1S/C37H45N3O2/c1-25-20-26(2)39-36-34(25)32-14-7-8-15-33(32)40(36)23-27-16-18-31(19-17-27)35(30-12-5-3-4-6-13-30)37(42)38-22-28-10-9-11-29(21-28)24-41/h9-11,16-21,30,35,41H,3-8,12-15,22-24H2,1-2H3,(H,38,42). The highest BCUT2D eigenvalue weighted by atomic mass is 16.3. The highest BCUT2D eigenvalue weighted by molar-refractivity contribution is 5.86. The van der Waals surface area contributed by atoms with Crippen molar-refractivity contribution in [2.75, 3.05) is 0 Å². The molecule has 0 bridgehead atoms. The van der Waals surface area contributed by atoms with Gasteiger partial charge < -0.3 is 15.0 Å². The van der Waals surface area contributed by atoms with Gasteiger partial charge >= 0.3 is 0 Å². The third-order valence-electron chi connectivity index (χ3n) is 9.62. The van der Waals surface area contributed by atoms with E-state index in [1.807, 2.05) is 24.3 Å². The van der Waals surface area contributed by atoms with Gasteiger partial charge in [-0.25, -0.2) is 4.98 Å². The number of hydrogen-bond acceptors (Lipinski definition) is 3. The molecule has 0 spiro atoms. The molecule has 1 amide bonds. The van der Waals surface area contributed by atoms with Crippen LogP contribution in [0.2, 0.25) is 0 Å². The van der Waals surface area contributed by atoms with Crippen molar-refractivity contribution in [3.05, 3.63) is 99.4 Å². The Kier molecular flexibility index (Phi) is 8.76. The minimum Gasteiger partial charge on any atom is -0.392 e. The van der Waals surface area contributed by atoms with Crippen molar-refractivity contribution in [1.29, 1.82) is 0 Å². The van der Waals surface area contributed by atoms with E-state index in [0.29, 0.717) is 12.5 Å². The number of carbonyl (C=O) groups is 1. The fourth-order valence-electron chi connectivity index (χ4n) is 7.57. The lowest BCUT2D eigenvalue weighted by molar-refractivity contribution is -0.124. The van der Waals surface area contributed by atoms with Crippen LogP contribution in [0.4, 0.5) is 0 Å². The molecule has 5 heteroatoms. The molecule has 0 radical (unpaired) electrons. The maximum atomic E-state index is 13.8. The summed E-state index contributed by atoms with van der Waals surface area (Å²) in [7, 11) is 0. The summed E-state index contributed by atoms with van der Waals surface area (Å²) in [5.74, 6) is 0.327. The molecule has 2 aliphatic rings. The van der Waals surface area contributed by atoms with Gasteiger partial charge in [0.05, 0.1) is 12.5 Å². The first kappa shape index (κ1) is 28.7. The third kappa shape index (κ3) is 6.03. The smallest absolute Gasteiger partial charge is 0.228 e. The molecule has 220 valence electrons. The molecule has 5 nitrogen and oxygen atoms in total. The lowest BCUT2D eigenvalue weighted by Gasteiger charge is -2.26. The second-order valence-corrected chi connectivity index (χ2v) is 12.7. The van der Waals surface area contributed by atoms with Crippen molar-refractivity contribution in [3.63, 3.8) is 0 Å². The summed E-state index contributed by atoms with van der Waals surface area (Å²) < 4.78 is 2.47. The third-order valence-corrected chi connectivity index (χ3v) is 9.62. The number of carbonyl (C=O) groups excluding carboxylic acids is 1. The number of amides is 1. The number of rotatable bonds is 8. The fraction of sp³-hybridized carbons (Fsp3) is 0.459. The van der Waals surface area contributed by atoms with Crippen LogP contribution in [0.1, 0.15) is 102 Å². The zero-order valence-corrected chi connectivity index (χ0v) is 25.3. The molecule has 2 aliphatic carbocycles. The molecule has 2 heterocycles. The van der Waals surface area contributed by atoms with Crippen LogP contribution >= 0.6 is 0 Å². The van der Waals surface area contributed by atoms with Gasteiger partial charge in [0, 0.05) is 29.9 Å². The number of hydrogen-bond donors (Lipinski definition) is 2. The minimum atomic E-state index is -0.148. The van der Waals surface area contributed by atoms with Crippen LogP contribution in [0.3, 0.4) is 0 Å². The molecule has 2 N–H and O–H groups in total. The lowest BCUT2D eigenvalue weighted by atomic mass is 9.80. The van der Waals surface area contributed by atoms with E-state index in [4.69, 9.17) is 4.98 Å². The number of aromatic nitrogens is 2. The first-order valence-corrected chi connectivity index (χ1v) is 16.0. The molecular formula is C37H45N3O2. The Morgan fingerprint density at radius 1 is 0.929 bits per heavy atom. The van der Waals surface area contributed by atoms with E-state index in [0.717, 1.165) is 60.3 Å². The molecule has 2 aromatic heterocycles. The van der Waals surface area contributed by atoms with Crippen LogP contribution in [0.25, 0.3) is 11.0 Å². The van der Waals surface area contributed by atoms with E-state index in [9.17, 15) is 9.90 Å². The van der Waals surface area contributed by atoms with Crippen LogP contribution in [-0.2, 0) is 37.3 Å². The lowest BCUT2D eigenvalue weighted by Crippen LogP contribution is -2.33. The van der Waals surface area contributed by atoms with Gasteiger partial charge in [-0.15, -0.1) is 0 Å². The van der Waals surface area contributed by atoms with Crippen molar-refractivity contribution < 1.29 is 9.90 Å². The first-order chi connectivity index (χ1) is 20.5. The van der Waals surface area contributed by atoms with Crippen molar-refractivity contribution >= 4 is 16.9 Å². The summed E-state index contributed by atoms with van der Waals surface area (Å²) in [4.78, 5) is 18.9. The highest BCUT2D eigenvalue weighted by Crippen LogP contribution is 2.37. The van der Waals surface area contributed by atoms with Crippen molar-refractivity contribution in [2.45, 2.75) is 104 Å². The first-order valence-electron chi connectivity index (χ1n) is 16.0. The molecule has 6 rings (SSSR count). The number of aryl methyl sites for hydroxylation is 3. The fourth-order valence-corrected chi connectivity index (χ4v) is 7.57. The van der Waals surface area contributed by atoms with E-state index >= 15 is 0 Å². The number of fused-ring (bicyclic) bond motifs is 3. The predicted octanol–water partition coefficient (Wildman–Crippen LogP) is 7.44. The number of aliphatic hydroxyl groups is 1. The molecule has 0 aliphatic heterocycles. The second kappa shape index (κ2) is 12.8. The zero-order chi connectivity index (χ0) is 29.1. The van der Waals surface area contributed by atoms with Gasteiger partial charge in [-0.1, -0.05) is 74.2 Å². The maximum absolute atomic E-state index is 13.8. The van der Waals surface area contributed by atoms with Gasteiger partial charge in [0.2, 0.25) is 5.91 Å². The molecule has 1 fully saturated rings. The topological polar surface area (TPSA) is 67.2 Å². The summed E-state index contributed by atoms with van der Waals surface area (Å²) in [6.07, 6.45) is 11.9. The van der Waals surface area contributed by atoms with Gasteiger partial charge in [-0.3, -0.25) is 4.79 Å². The molecule has 1 atom stereocenters. The Morgan fingerprint density at radius 3 is 2.43 bits per heavy atom. The molecule has 1 saturated carbocycles. The Labute approximate surface area is 250 Å². The Bertz CT molecular complexity index is 1540. The van der Waals surface area contributed by atoms with Gasteiger partial charge in [0.25, 0.3) is 0 Å². The van der Waals surface area contributed by atoms with Crippen LogP contribution in [0.15, 0.2) is 54.6 Å². The molecule has 0 saturated heterocycles. The van der Waals surface area contributed by atoms with Gasteiger partial charge in [0.15, 0.2) is 0 Å². The molecular weight excluding hydrogens is 518 g/mol. The summed E-state index contributed by atoms with van der Waals surface area (Å²) in [5.41, 5.74) is 10.8. The SMILES string of the molecule is Cc1cc(C)c2c3c(n(Cc4ccc(C(C(=O)NCc5cccc(CO)c5)C5CCCCCC5)cc4)c2n1)CCCC3. The molecule has 42 heavy (non-hydrogen) atoms. The van der Waals surface area contributed by atoms with Crippen LogP contribution < -0.4 is 5.32 Å². The average Bonchev–Trinajstić information content (AvgIpc) is 3.13. The average molecular weight is 564 g/mol. The van der Waals surface area contributed by atoms with Crippen molar-refractivity contribution in [1.82, 2.24) is 14.9 Å². The molecule has 1 unspecified atom stereocenters. The predicted molar refractivity (Wildman–Crippen MR) is 170 cm³/mol. The van der Waals surface area contributed by atoms with Crippen LogP contribution in [-0.4, -0.2) is 20.6 Å². The zero-order valence-electron chi connectivity index (χ0n) is 25.3. The van der Waals surface area contributed by atoms with Gasteiger partial charge in [0.1, 0.15) is 5.65 Å². The second-order valence-electron chi connectivity index (χ2n) is 12.7. The van der Waals surface area contributed by atoms with E-state index in [-0.39, 0.29) is 18.4 Å². The van der Waals surface area contributed by atoms with E-state index < -0.39 is 0 Å². The summed E-state index contributed by atoms with van der Waals surface area (Å²) in [5, 5.41) is 14.1. The Morgan fingerprint density at radius 2 is 1.67 bits per heavy atom. The summed E-state index contributed by atoms with van der Waals surface area (Å²) >= 11 is 0. The van der Waals surface area contributed by atoms with Gasteiger partial charge in [-0.2, -0.15) is 0 Å². The number of pyridine rings is 1. The monoisotopic (exact) mass is 563 g/mol. The maximum Gasteiger partial charge on any atom is 0.228 e. The highest BCUT2D eigenvalue weighted by Gasteiger charge is 2.30. The summed E-state index contributed by atoms with van der Waals surface area (Å²) in [6, 6.07) is 18.9. The normalized spacial score (nSPS) is 16.6. The molecule has 2 aromatic carbocycles. The Hall–Kier alpha value is -3.44. The van der Waals surface area contributed by atoms with Crippen molar-refractivity contribution in [3.8, 4) is 0 Å². The number of benzene rings is 2. The Balaban J connectivity index is 1.27. The van der Waals surface area contributed by atoms with Crippen LogP contribution in [0.5, 0.6) is 0 Å². The number of nitrogens with one attached hydrogen (secondary N) is 1. The largest absolute Gasteiger partial charge is 0.392 e. The van der Waals surface area contributed by atoms with E-state index in [1.165, 1.54) is 66.3 Å². The van der Waals surface area contributed by atoms with E-state index in [2.05, 4.69) is 54.1 Å². The quantitative estimate of drug-likeness (QED) is 0.219. The minimum absolute atomic E-state index is 0.00964. The van der Waals surface area contributed by atoms with Gasteiger partial charge in [-0.05, 0) is 97.7 Å².